The number of benzene rings is 2. The Morgan fingerprint density at radius 1 is 1.07 bits per heavy atom. The minimum atomic E-state index is -0.801. The van der Waals surface area contributed by atoms with Crippen molar-refractivity contribution in [1.82, 2.24) is 9.88 Å². The highest BCUT2D eigenvalue weighted by molar-refractivity contribution is 8.00. The second-order valence-electron chi connectivity index (χ2n) is 7.01. The third-order valence-corrected chi connectivity index (χ3v) is 6.83. The zero-order valence-electron chi connectivity index (χ0n) is 15.9. The van der Waals surface area contributed by atoms with Crippen molar-refractivity contribution < 1.29 is 19.1 Å². The van der Waals surface area contributed by atoms with Gasteiger partial charge in [-0.3, -0.25) is 14.7 Å². The molecule has 0 spiro atoms. The average molecular weight is 418 g/mol. The Balaban J connectivity index is 1.42. The van der Waals surface area contributed by atoms with Gasteiger partial charge in [-0.25, -0.2) is 4.79 Å². The third-order valence-electron chi connectivity index (χ3n) is 5.31. The van der Waals surface area contributed by atoms with E-state index in [0.29, 0.717) is 11.3 Å². The molecule has 5 rings (SSSR count). The largest absolute Gasteiger partial charge is 0.510 e. The topological polar surface area (TPSA) is 68.7 Å². The van der Waals surface area contributed by atoms with Crippen LogP contribution in [0.2, 0.25) is 0 Å². The molecule has 2 atom stereocenters. The van der Waals surface area contributed by atoms with Crippen LogP contribution in [0.1, 0.15) is 27.0 Å². The van der Waals surface area contributed by atoms with Crippen molar-refractivity contribution in [3.63, 3.8) is 0 Å². The Morgan fingerprint density at radius 3 is 2.60 bits per heavy atom. The highest BCUT2D eigenvalue weighted by Gasteiger charge is 2.59. The Morgan fingerprint density at radius 2 is 1.80 bits per heavy atom. The van der Waals surface area contributed by atoms with Gasteiger partial charge in [-0.15, -0.1) is 11.8 Å². The lowest BCUT2D eigenvalue weighted by Gasteiger charge is -2.34. The average Bonchev–Trinajstić information content (AvgIpc) is 3.29. The first kappa shape index (κ1) is 18.7. The van der Waals surface area contributed by atoms with Crippen LogP contribution in [0.5, 0.6) is 0 Å². The summed E-state index contributed by atoms with van der Waals surface area (Å²) in [5.41, 5.74) is 3.34. The van der Waals surface area contributed by atoms with E-state index in [1.54, 1.807) is 41.2 Å². The van der Waals surface area contributed by atoms with E-state index >= 15 is 0 Å². The minimum absolute atomic E-state index is 0.0826. The van der Waals surface area contributed by atoms with Crippen LogP contribution >= 0.6 is 11.8 Å². The van der Waals surface area contributed by atoms with E-state index in [2.05, 4.69) is 4.98 Å². The van der Waals surface area contributed by atoms with E-state index < -0.39 is 17.3 Å². The number of pyridine rings is 1. The molecule has 7 heteroatoms. The van der Waals surface area contributed by atoms with Gasteiger partial charge in [0.2, 0.25) is 0 Å². The summed E-state index contributed by atoms with van der Waals surface area (Å²) in [5.74, 6) is 0.311. The Bertz CT molecular complexity index is 1090. The van der Waals surface area contributed by atoms with Crippen LogP contribution in [0.3, 0.4) is 0 Å². The molecule has 3 heterocycles. The Labute approximate surface area is 177 Å². The molecular formula is C23H18N2O4S. The molecule has 2 aliphatic heterocycles. The first-order chi connectivity index (χ1) is 14.7. The van der Waals surface area contributed by atoms with Crippen LogP contribution < -0.4 is 0 Å². The molecule has 1 aromatic heterocycles. The molecule has 0 aliphatic carbocycles. The third kappa shape index (κ3) is 2.93. The zero-order valence-corrected chi connectivity index (χ0v) is 16.7. The summed E-state index contributed by atoms with van der Waals surface area (Å²) in [6.45, 7) is 0.0826. The number of hydrogen-bond donors (Lipinski definition) is 0. The van der Waals surface area contributed by atoms with Crippen molar-refractivity contribution in [3.8, 4) is 0 Å². The van der Waals surface area contributed by atoms with Gasteiger partial charge in [0.25, 0.3) is 5.91 Å². The summed E-state index contributed by atoms with van der Waals surface area (Å²) >= 11 is 1.59. The van der Waals surface area contributed by atoms with Crippen LogP contribution in [-0.4, -0.2) is 33.9 Å². The highest BCUT2D eigenvalue weighted by atomic mass is 32.2. The lowest BCUT2D eigenvalue weighted by atomic mass is 9.97. The van der Waals surface area contributed by atoms with Gasteiger partial charge >= 0.3 is 6.16 Å². The maximum atomic E-state index is 13.3. The fourth-order valence-electron chi connectivity index (χ4n) is 4.01. The number of carbonyl (C=O) groups is 2. The van der Waals surface area contributed by atoms with E-state index in [-0.39, 0.29) is 12.5 Å². The van der Waals surface area contributed by atoms with E-state index in [1.165, 1.54) is 0 Å². The van der Waals surface area contributed by atoms with Gasteiger partial charge in [0.05, 0.1) is 5.75 Å². The van der Waals surface area contributed by atoms with Crippen molar-refractivity contribution in [2.24, 2.45) is 0 Å². The van der Waals surface area contributed by atoms with E-state index in [4.69, 9.17) is 9.47 Å². The maximum Gasteiger partial charge on any atom is 0.510 e. The number of ether oxygens (including phenoxy) is 2. The van der Waals surface area contributed by atoms with Crippen molar-refractivity contribution in [2.45, 2.75) is 17.7 Å². The standard InChI is InChI=1S/C23H18N2O4S/c26-21-18-8-4-5-9-19(18)23(17-6-2-1-3-7-17)25(21)20(15-30-23)29-22(27)28-14-16-10-12-24-13-11-16/h1-13,20H,14-15H2. The summed E-state index contributed by atoms with van der Waals surface area (Å²) in [7, 11) is 0. The highest BCUT2D eigenvalue weighted by Crippen LogP contribution is 2.57. The number of aromatic nitrogens is 1. The van der Waals surface area contributed by atoms with Crippen LogP contribution in [-0.2, 0) is 21.0 Å². The van der Waals surface area contributed by atoms with Gasteiger partial charge < -0.3 is 9.47 Å². The molecule has 2 aromatic carbocycles. The number of carbonyl (C=O) groups excluding carboxylic acids is 2. The molecule has 0 radical (unpaired) electrons. The van der Waals surface area contributed by atoms with Crippen LogP contribution in [0.15, 0.2) is 79.1 Å². The number of nitrogens with zero attached hydrogens (tertiary/aromatic N) is 2. The molecule has 150 valence electrons. The molecule has 1 saturated heterocycles. The SMILES string of the molecule is O=C(OCc1ccncc1)OC1CSC2(c3ccccc3)c3ccccc3C(=O)N12. The maximum absolute atomic E-state index is 13.3. The molecule has 1 fully saturated rings. The molecule has 0 N–H and O–H groups in total. The monoisotopic (exact) mass is 418 g/mol. The lowest BCUT2D eigenvalue weighted by molar-refractivity contribution is -0.0328. The summed E-state index contributed by atoms with van der Waals surface area (Å²) in [4.78, 5) is 30.6. The van der Waals surface area contributed by atoms with Gasteiger partial charge in [-0.2, -0.15) is 0 Å². The number of hydrogen-bond acceptors (Lipinski definition) is 6. The molecule has 2 unspecified atom stereocenters. The van der Waals surface area contributed by atoms with Crippen molar-refractivity contribution >= 4 is 23.8 Å². The molecule has 0 bridgehead atoms. The van der Waals surface area contributed by atoms with Crippen LogP contribution in [0, 0.1) is 0 Å². The molecule has 3 aromatic rings. The van der Waals surface area contributed by atoms with Crippen LogP contribution in [0.25, 0.3) is 0 Å². The van der Waals surface area contributed by atoms with Gasteiger partial charge in [0, 0.05) is 23.5 Å². The Kier molecular flexibility index (Phi) is 4.67. The van der Waals surface area contributed by atoms with Crippen molar-refractivity contribution in [2.75, 3.05) is 5.75 Å². The summed E-state index contributed by atoms with van der Waals surface area (Å²) < 4.78 is 10.9. The second kappa shape index (κ2) is 7.50. The van der Waals surface area contributed by atoms with Gasteiger partial charge in [0.1, 0.15) is 11.5 Å². The summed E-state index contributed by atoms with van der Waals surface area (Å²) in [6.07, 6.45) is 1.74. The molecular weight excluding hydrogens is 400 g/mol. The molecule has 1 amide bonds. The summed E-state index contributed by atoms with van der Waals surface area (Å²) in [5, 5.41) is 0. The molecule has 0 saturated carbocycles. The van der Waals surface area contributed by atoms with E-state index in [1.807, 2.05) is 54.6 Å². The van der Waals surface area contributed by atoms with Crippen molar-refractivity contribution in [1.29, 1.82) is 0 Å². The summed E-state index contributed by atoms with van der Waals surface area (Å²) in [6, 6.07) is 20.9. The second-order valence-corrected chi connectivity index (χ2v) is 8.22. The molecule has 6 nitrogen and oxygen atoms in total. The normalized spacial score (nSPS) is 21.8. The molecule has 30 heavy (non-hydrogen) atoms. The lowest BCUT2D eigenvalue weighted by Crippen LogP contribution is -2.45. The van der Waals surface area contributed by atoms with E-state index in [9.17, 15) is 9.59 Å². The van der Waals surface area contributed by atoms with Crippen molar-refractivity contribution in [3.05, 3.63) is 101 Å². The van der Waals surface area contributed by atoms with Crippen LogP contribution in [0.4, 0.5) is 4.79 Å². The minimum Gasteiger partial charge on any atom is -0.429 e. The number of rotatable bonds is 4. The Hall–Kier alpha value is -3.32. The molecule has 2 aliphatic rings. The van der Waals surface area contributed by atoms with Gasteiger partial charge in [-0.05, 0) is 29.3 Å². The first-order valence-corrected chi connectivity index (χ1v) is 10.5. The smallest absolute Gasteiger partial charge is 0.429 e. The quantitative estimate of drug-likeness (QED) is 0.593. The fraction of sp³-hybridized carbons (Fsp3) is 0.174. The number of amides is 1. The van der Waals surface area contributed by atoms with Gasteiger partial charge in [0.15, 0.2) is 6.23 Å². The number of fused-ring (bicyclic) bond motifs is 3. The zero-order chi connectivity index (χ0) is 20.6. The first-order valence-electron chi connectivity index (χ1n) is 9.55. The number of thioether (sulfide) groups is 1. The fourth-order valence-corrected chi connectivity index (χ4v) is 5.59. The van der Waals surface area contributed by atoms with E-state index in [0.717, 1.165) is 16.7 Å². The van der Waals surface area contributed by atoms with Gasteiger partial charge in [-0.1, -0.05) is 48.5 Å². The predicted molar refractivity (Wildman–Crippen MR) is 112 cm³/mol. The predicted octanol–water partition coefficient (Wildman–Crippen LogP) is 4.16.